The van der Waals surface area contributed by atoms with Gasteiger partial charge in [-0.3, -0.25) is 4.79 Å². The molecule has 0 aliphatic carbocycles. The van der Waals surface area contributed by atoms with E-state index < -0.39 is 0 Å². The van der Waals surface area contributed by atoms with Gasteiger partial charge in [0.2, 0.25) is 5.91 Å². The molecule has 1 amide bonds. The van der Waals surface area contributed by atoms with E-state index >= 15 is 0 Å². The van der Waals surface area contributed by atoms with Gasteiger partial charge in [0.25, 0.3) is 0 Å². The fraction of sp³-hybridized carbons (Fsp3) is 0.727. The molecular weight excluding hydrogens is 176 g/mol. The summed E-state index contributed by atoms with van der Waals surface area (Å²) in [4.78, 5) is 11.2. The zero-order chi connectivity index (χ0) is 9.97. The summed E-state index contributed by atoms with van der Waals surface area (Å²) in [6.45, 7) is 4.16. The van der Waals surface area contributed by atoms with Crippen molar-refractivity contribution in [2.45, 2.75) is 32.2 Å². The van der Waals surface area contributed by atoms with Crippen molar-refractivity contribution < 1.29 is 4.79 Å². The molecule has 1 saturated heterocycles. The first-order chi connectivity index (χ1) is 6.75. The Morgan fingerprint density at radius 2 is 2.29 bits per heavy atom. The second-order valence-electron chi connectivity index (χ2n) is 4.40. The van der Waals surface area contributed by atoms with Crippen LogP contribution in [0.15, 0.2) is 11.6 Å². The van der Waals surface area contributed by atoms with E-state index in [0.717, 1.165) is 25.4 Å². The second-order valence-corrected chi connectivity index (χ2v) is 4.40. The fourth-order valence-electron chi connectivity index (χ4n) is 2.21. The van der Waals surface area contributed by atoms with Crippen LogP contribution < -0.4 is 10.6 Å². The van der Waals surface area contributed by atoms with Gasteiger partial charge < -0.3 is 10.6 Å². The average Bonchev–Trinajstić information content (AvgIpc) is 2.19. The first-order valence-corrected chi connectivity index (χ1v) is 5.47. The largest absolute Gasteiger partial charge is 0.352 e. The molecule has 2 aliphatic heterocycles. The fourth-order valence-corrected chi connectivity index (χ4v) is 2.21. The number of piperidine rings is 1. The molecule has 2 aliphatic rings. The summed E-state index contributed by atoms with van der Waals surface area (Å²) in [5, 5.41) is 6.33. The first kappa shape index (κ1) is 9.71. The average molecular weight is 194 g/mol. The van der Waals surface area contributed by atoms with E-state index in [1.165, 1.54) is 18.4 Å². The zero-order valence-corrected chi connectivity index (χ0v) is 8.68. The van der Waals surface area contributed by atoms with Crippen molar-refractivity contribution in [3.8, 4) is 0 Å². The van der Waals surface area contributed by atoms with E-state index in [4.69, 9.17) is 0 Å². The van der Waals surface area contributed by atoms with Crippen LogP contribution in [0.2, 0.25) is 0 Å². The molecule has 1 fully saturated rings. The third kappa shape index (κ3) is 2.15. The Hall–Kier alpha value is -0.830. The monoisotopic (exact) mass is 194 g/mol. The first-order valence-electron chi connectivity index (χ1n) is 5.47. The molecule has 2 unspecified atom stereocenters. The molecule has 0 aromatic carbocycles. The van der Waals surface area contributed by atoms with Gasteiger partial charge in [-0.25, -0.2) is 0 Å². The van der Waals surface area contributed by atoms with Crippen LogP contribution in [0, 0.1) is 5.92 Å². The molecule has 2 atom stereocenters. The topological polar surface area (TPSA) is 41.1 Å². The van der Waals surface area contributed by atoms with Gasteiger partial charge in [0.15, 0.2) is 0 Å². The Bertz CT molecular complexity index is 252. The molecular formula is C11H18N2O. The lowest BCUT2D eigenvalue weighted by molar-refractivity contribution is -0.116. The Balaban J connectivity index is 1.97. The van der Waals surface area contributed by atoms with Gasteiger partial charge in [-0.1, -0.05) is 6.92 Å². The number of carbonyl (C=O) groups excluding carboxylic acids is 1. The van der Waals surface area contributed by atoms with Crippen LogP contribution in [0.25, 0.3) is 0 Å². The quantitative estimate of drug-likeness (QED) is 0.649. The minimum atomic E-state index is 0.0756. The summed E-state index contributed by atoms with van der Waals surface area (Å²) in [7, 11) is 0. The molecule has 3 nitrogen and oxygen atoms in total. The van der Waals surface area contributed by atoms with Gasteiger partial charge in [0.05, 0.1) is 0 Å². The van der Waals surface area contributed by atoms with E-state index in [9.17, 15) is 4.79 Å². The smallest absolute Gasteiger partial charge is 0.244 e. The molecule has 0 bridgehead atoms. The van der Waals surface area contributed by atoms with E-state index in [-0.39, 0.29) is 5.91 Å². The van der Waals surface area contributed by atoms with E-state index in [0.29, 0.717) is 6.04 Å². The highest BCUT2D eigenvalue weighted by atomic mass is 16.1. The van der Waals surface area contributed by atoms with Crippen LogP contribution in [0.3, 0.4) is 0 Å². The van der Waals surface area contributed by atoms with Gasteiger partial charge in [0.1, 0.15) is 0 Å². The van der Waals surface area contributed by atoms with Crippen molar-refractivity contribution in [3.63, 3.8) is 0 Å². The van der Waals surface area contributed by atoms with Crippen LogP contribution in [-0.4, -0.2) is 25.0 Å². The summed E-state index contributed by atoms with van der Waals surface area (Å²) in [6.07, 6.45) is 5.24. The number of hydrogen-bond acceptors (Lipinski definition) is 2. The number of nitrogens with one attached hydrogen (secondary N) is 2. The summed E-state index contributed by atoms with van der Waals surface area (Å²) in [5.74, 6) is 0.857. The Morgan fingerprint density at radius 3 is 2.93 bits per heavy atom. The van der Waals surface area contributed by atoms with Crippen molar-refractivity contribution in [1.29, 1.82) is 0 Å². The third-order valence-electron chi connectivity index (χ3n) is 3.14. The minimum absolute atomic E-state index is 0.0756. The van der Waals surface area contributed by atoms with Gasteiger partial charge >= 0.3 is 0 Å². The van der Waals surface area contributed by atoms with Crippen LogP contribution in [-0.2, 0) is 4.79 Å². The molecule has 2 heterocycles. The van der Waals surface area contributed by atoms with Crippen molar-refractivity contribution in [1.82, 2.24) is 10.6 Å². The lowest BCUT2D eigenvalue weighted by Gasteiger charge is -2.31. The SMILES string of the molecule is CC1CCC(C2=CC(=O)NCC2)NC1. The Labute approximate surface area is 84.9 Å². The van der Waals surface area contributed by atoms with Gasteiger partial charge in [-0.2, -0.15) is 0 Å². The van der Waals surface area contributed by atoms with Crippen molar-refractivity contribution in [2.24, 2.45) is 5.92 Å². The molecule has 0 aromatic rings. The standard InChI is InChI=1S/C11H18N2O/c1-8-2-3-10(13-7-8)9-4-5-12-11(14)6-9/h6,8,10,13H,2-5,7H2,1H3,(H,12,14). The molecule has 0 radical (unpaired) electrons. The summed E-state index contributed by atoms with van der Waals surface area (Å²) in [6, 6.07) is 0.456. The predicted molar refractivity (Wildman–Crippen MR) is 55.9 cm³/mol. The maximum Gasteiger partial charge on any atom is 0.244 e. The molecule has 3 heteroatoms. The number of hydrogen-bond donors (Lipinski definition) is 2. The highest BCUT2D eigenvalue weighted by Gasteiger charge is 2.22. The van der Waals surface area contributed by atoms with Crippen LogP contribution in [0.4, 0.5) is 0 Å². The molecule has 0 spiro atoms. The lowest BCUT2D eigenvalue weighted by atomic mass is 9.89. The Morgan fingerprint density at radius 1 is 1.43 bits per heavy atom. The van der Waals surface area contributed by atoms with Gasteiger partial charge in [-0.15, -0.1) is 0 Å². The summed E-state index contributed by atoms with van der Waals surface area (Å²) < 4.78 is 0. The van der Waals surface area contributed by atoms with Crippen LogP contribution in [0.5, 0.6) is 0 Å². The van der Waals surface area contributed by atoms with Crippen molar-refractivity contribution >= 4 is 5.91 Å². The molecule has 14 heavy (non-hydrogen) atoms. The Kier molecular flexibility index (Phi) is 2.87. The molecule has 78 valence electrons. The summed E-state index contributed by atoms with van der Waals surface area (Å²) in [5.41, 5.74) is 1.29. The molecule has 2 N–H and O–H groups in total. The number of amides is 1. The highest BCUT2D eigenvalue weighted by molar-refractivity contribution is 5.89. The third-order valence-corrected chi connectivity index (χ3v) is 3.14. The van der Waals surface area contributed by atoms with Crippen molar-refractivity contribution in [2.75, 3.05) is 13.1 Å². The predicted octanol–water partition coefficient (Wildman–Crippen LogP) is 0.821. The number of carbonyl (C=O) groups is 1. The van der Waals surface area contributed by atoms with Crippen molar-refractivity contribution in [3.05, 3.63) is 11.6 Å². The maximum absolute atomic E-state index is 11.2. The van der Waals surface area contributed by atoms with Gasteiger partial charge in [0, 0.05) is 18.7 Å². The maximum atomic E-state index is 11.2. The van der Waals surface area contributed by atoms with E-state index in [1.807, 2.05) is 0 Å². The summed E-state index contributed by atoms with van der Waals surface area (Å²) >= 11 is 0. The molecule has 0 aromatic heterocycles. The lowest BCUT2D eigenvalue weighted by Crippen LogP contribution is -2.42. The van der Waals surface area contributed by atoms with Gasteiger partial charge in [-0.05, 0) is 37.3 Å². The zero-order valence-electron chi connectivity index (χ0n) is 8.68. The highest BCUT2D eigenvalue weighted by Crippen LogP contribution is 2.21. The van der Waals surface area contributed by atoms with Crippen LogP contribution in [0.1, 0.15) is 26.2 Å². The van der Waals surface area contributed by atoms with Crippen LogP contribution >= 0.6 is 0 Å². The number of rotatable bonds is 1. The van der Waals surface area contributed by atoms with E-state index in [2.05, 4.69) is 17.6 Å². The molecule has 0 saturated carbocycles. The molecule has 2 rings (SSSR count). The van der Waals surface area contributed by atoms with E-state index in [1.54, 1.807) is 6.08 Å². The normalized spacial score (nSPS) is 33.5. The second kappa shape index (κ2) is 4.13. The minimum Gasteiger partial charge on any atom is -0.352 e.